The van der Waals surface area contributed by atoms with Crippen LogP contribution in [-0.2, 0) is 20.7 Å². The second kappa shape index (κ2) is 9.09. The maximum Gasteiger partial charge on any atom is 0.306 e. The number of aromatic nitrogens is 2. The van der Waals surface area contributed by atoms with Gasteiger partial charge in [-0.15, -0.1) is 0 Å². The molecule has 0 saturated carbocycles. The highest BCUT2D eigenvalue weighted by Crippen LogP contribution is 2.21. The summed E-state index contributed by atoms with van der Waals surface area (Å²) in [6.07, 6.45) is 3.18. The van der Waals surface area contributed by atoms with Crippen LogP contribution in [0.3, 0.4) is 0 Å². The molecule has 2 aromatic heterocycles. The molecular formula is C19H15ClFN3O4. The number of carbonyl (C=O) groups excluding carboxylic acids is 2. The van der Waals surface area contributed by atoms with Gasteiger partial charge in [-0.1, -0.05) is 11.6 Å². The number of carbonyl (C=O) groups is 2. The molecule has 0 fully saturated rings. The molecule has 28 heavy (non-hydrogen) atoms. The average Bonchev–Trinajstić information content (AvgIpc) is 3.16. The fourth-order valence-corrected chi connectivity index (χ4v) is 2.43. The summed E-state index contributed by atoms with van der Waals surface area (Å²) >= 11 is 5.83. The molecule has 7 nitrogen and oxygen atoms in total. The Morgan fingerprint density at radius 2 is 1.96 bits per heavy atom. The summed E-state index contributed by atoms with van der Waals surface area (Å²) < 4.78 is 23.4. The van der Waals surface area contributed by atoms with E-state index < -0.39 is 18.5 Å². The number of hydrogen-bond acceptors (Lipinski definition) is 6. The molecule has 0 unspecified atom stereocenters. The van der Waals surface area contributed by atoms with Gasteiger partial charge in [0.2, 0.25) is 0 Å². The van der Waals surface area contributed by atoms with E-state index in [1.54, 1.807) is 24.3 Å². The minimum atomic E-state index is -0.575. The lowest BCUT2D eigenvalue weighted by atomic mass is 10.2. The lowest BCUT2D eigenvalue weighted by molar-refractivity contribution is -0.147. The van der Waals surface area contributed by atoms with Crippen molar-refractivity contribution < 1.29 is 23.1 Å². The second-order valence-corrected chi connectivity index (χ2v) is 6.03. The van der Waals surface area contributed by atoms with Gasteiger partial charge in [0.1, 0.15) is 5.82 Å². The molecule has 1 aromatic carbocycles. The Hall–Kier alpha value is -3.26. The number of anilines is 1. The van der Waals surface area contributed by atoms with Gasteiger partial charge >= 0.3 is 5.97 Å². The molecule has 9 heteroatoms. The van der Waals surface area contributed by atoms with Crippen molar-refractivity contribution in [2.75, 3.05) is 11.9 Å². The van der Waals surface area contributed by atoms with Crippen LogP contribution in [0.1, 0.15) is 12.3 Å². The van der Waals surface area contributed by atoms with E-state index in [0.717, 1.165) is 0 Å². The Morgan fingerprint density at radius 3 is 2.71 bits per heavy atom. The molecule has 1 amide bonds. The molecule has 0 aliphatic rings. The molecule has 0 radical (unpaired) electrons. The Bertz CT molecular complexity index is 975. The molecule has 0 bridgehead atoms. The summed E-state index contributed by atoms with van der Waals surface area (Å²) in [5.74, 6) is -0.646. The first-order valence-electron chi connectivity index (χ1n) is 8.28. The van der Waals surface area contributed by atoms with Crippen LogP contribution in [0.2, 0.25) is 5.15 Å². The largest absolute Gasteiger partial charge is 0.456 e. The number of amides is 1. The van der Waals surface area contributed by atoms with Crippen LogP contribution in [0.4, 0.5) is 10.1 Å². The van der Waals surface area contributed by atoms with E-state index in [4.69, 9.17) is 20.8 Å². The molecule has 3 rings (SSSR count). The standard InChI is InChI=1S/C19H15ClFN3O4/c20-19-14(2-1-9-22-19)24-16(25)11-27-18(26)8-7-17-23-10-15(28-17)12-3-5-13(21)6-4-12/h1-6,9-10H,7-8,11H2,(H,24,25). The van der Waals surface area contributed by atoms with Gasteiger partial charge in [-0.25, -0.2) is 14.4 Å². The minimum Gasteiger partial charge on any atom is -0.456 e. The molecule has 144 valence electrons. The zero-order chi connectivity index (χ0) is 19.9. The number of hydrogen-bond donors (Lipinski definition) is 1. The van der Waals surface area contributed by atoms with Crippen LogP contribution in [0, 0.1) is 5.82 Å². The third-order valence-electron chi connectivity index (χ3n) is 3.62. The molecule has 0 aliphatic carbocycles. The lowest BCUT2D eigenvalue weighted by Gasteiger charge is -2.07. The van der Waals surface area contributed by atoms with Crippen molar-refractivity contribution in [3.8, 4) is 11.3 Å². The molecule has 0 aliphatic heterocycles. The third kappa shape index (κ3) is 5.37. The number of halogens is 2. The predicted molar refractivity (Wildman–Crippen MR) is 99.1 cm³/mol. The molecule has 2 heterocycles. The number of nitrogens with one attached hydrogen (secondary N) is 1. The fourth-order valence-electron chi connectivity index (χ4n) is 2.27. The highest BCUT2D eigenvalue weighted by molar-refractivity contribution is 6.32. The van der Waals surface area contributed by atoms with Crippen molar-refractivity contribution in [3.05, 3.63) is 65.7 Å². The van der Waals surface area contributed by atoms with Crippen molar-refractivity contribution in [2.45, 2.75) is 12.8 Å². The van der Waals surface area contributed by atoms with E-state index in [-0.39, 0.29) is 23.8 Å². The Kier molecular flexibility index (Phi) is 6.33. The summed E-state index contributed by atoms with van der Waals surface area (Å²) in [6.45, 7) is -0.448. The molecule has 3 aromatic rings. The summed E-state index contributed by atoms with van der Waals surface area (Å²) in [4.78, 5) is 31.5. The number of aryl methyl sites for hydroxylation is 1. The number of pyridine rings is 1. The number of benzene rings is 1. The maximum absolute atomic E-state index is 13.0. The monoisotopic (exact) mass is 403 g/mol. The van der Waals surface area contributed by atoms with Crippen LogP contribution in [0.15, 0.2) is 53.2 Å². The Labute approximate surface area is 164 Å². The zero-order valence-electron chi connectivity index (χ0n) is 14.5. The molecule has 0 saturated heterocycles. The average molecular weight is 404 g/mol. The van der Waals surface area contributed by atoms with Gasteiger partial charge in [-0.2, -0.15) is 0 Å². The first kappa shape index (κ1) is 19.5. The van der Waals surface area contributed by atoms with E-state index in [2.05, 4.69) is 15.3 Å². The molecular weight excluding hydrogens is 389 g/mol. The highest BCUT2D eigenvalue weighted by atomic mass is 35.5. The number of oxazole rings is 1. The van der Waals surface area contributed by atoms with Crippen LogP contribution >= 0.6 is 11.6 Å². The molecule has 0 spiro atoms. The van der Waals surface area contributed by atoms with Gasteiger partial charge < -0.3 is 14.5 Å². The lowest BCUT2D eigenvalue weighted by Crippen LogP contribution is -2.21. The van der Waals surface area contributed by atoms with Crippen LogP contribution in [-0.4, -0.2) is 28.5 Å². The summed E-state index contributed by atoms with van der Waals surface area (Å²) in [7, 11) is 0. The van der Waals surface area contributed by atoms with Crippen molar-refractivity contribution in [3.63, 3.8) is 0 Å². The van der Waals surface area contributed by atoms with E-state index in [1.807, 2.05) is 0 Å². The van der Waals surface area contributed by atoms with Crippen LogP contribution in [0.25, 0.3) is 11.3 Å². The quantitative estimate of drug-likeness (QED) is 0.478. The molecule has 1 N–H and O–H groups in total. The summed E-state index contributed by atoms with van der Waals surface area (Å²) in [5, 5.41) is 2.64. The zero-order valence-corrected chi connectivity index (χ0v) is 15.3. The van der Waals surface area contributed by atoms with Gasteiger partial charge in [-0.3, -0.25) is 9.59 Å². The van der Waals surface area contributed by atoms with Gasteiger partial charge in [0.25, 0.3) is 5.91 Å². The first-order valence-corrected chi connectivity index (χ1v) is 8.65. The Balaban J connectivity index is 1.44. The van der Waals surface area contributed by atoms with Crippen molar-refractivity contribution in [1.29, 1.82) is 0 Å². The van der Waals surface area contributed by atoms with Gasteiger partial charge in [0.05, 0.1) is 18.3 Å². The predicted octanol–water partition coefficient (Wildman–Crippen LogP) is 3.64. The smallest absolute Gasteiger partial charge is 0.306 e. The van der Waals surface area contributed by atoms with E-state index in [9.17, 15) is 14.0 Å². The van der Waals surface area contributed by atoms with Crippen molar-refractivity contribution in [2.24, 2.45) is 0 Å². The SMILES string of the molecule is O=C(COC(=O)CCc1ncc(-c2ccc(F)cc2)o1)Nc1cccnc1Cl. The second-order valence-electron chi connectivity index (χ2n) is 5.68. The summed E-state index contributed by atoms with van der Waals surface area (Å²) in [5.41, 5.74) is 1.01. The van der Waals surface area contributed by atoms with E-state index >= 15 is 0 Å². The third-order valence-corrected chi connectivity index (χ3v) is 3.92. The topological polar surface area (TPSA) is 94.3 Å². The minimum absolute atomic E-state index is 0.00962. The molecule has 0 atom stereocenters. The number of rotatable bonds is 7. The number of nitrogens with zero attached hydrogens (tertiary/aromatic N) is 2. The van der Waals surface area contributed by atoms with E-state index in [1.165, 1.54) is 24.5 Å². The first-order chi connectivity index (χ1) is 13.5. The normalized spacial score (nSPS) is 10.5. The van der Waals surface area contributed by atoms with Crippen LogP contribution in [0.5, 0.6) is 0 Å². The summed E-state index contributed by atoms with van der Waals surface area (Å²) in [6, 6.07) is 8.97. The van der Waals surface area contributed by atoms with Gasteiger partial charge in [0.15, 0.2) is 23.4 Å². The van der Waals surface area contributed by atoms with Crippen molar-refractivity contribution >= 4 is 29.2 Å². The van der Waals surface area contributed by atoms with E-state index in [0.29, 0.717) is 22.9 Å². The van der Waals surface area contributed by atoms with Crippen molar-refractivity contribution in [1.82, 2.24) is 9.97 Å². The Morgan fingerprint density at radius 1 is 1.18 bits per heavy atom. The number of ether oxygens (including phenoxy) is 1. The van der Waals surface area contributed by atoms with Gasteiger partial charge in [0, 0.05) is 18.2 Å². The van der Waals surface area contributed by atoms with Crippen LogP contribution < -0.4 is 5.32 Å². The maximum atomic E-state index is 13.0. The fraction of sp³-hybridized carbons (Fsp3) is 0.158. The number of esters is 1. The van der Waals surface area contributed by atoms with Gasteiger partial charge in [-0.05, 0) is 36.4 Å². The highest BCUT2D eigenvalue weighted by Gasteiger charge is 2.12.